The maximum absolute atomic E-state index is 12.2. The molecule has 2 aromatic rings. The average molecular weight is 376 g/mol. The van der Waals surface area contributed by atoms with Crippen LogP contribution in [0.4, 0.5) is 5.13 Å². The van der Waals surface area contributed by atoms with E-state index in [9.17, 15) is 4.79 Å². The van der Waals surface area contributed by atoms with Crippen molar-refractivity contribution in [3.05, 3.63) is 40.4 Å². The molecule has 8 heteroatoms. The molecule has 25 heavy (non-hydrogen) atoms. The van der Waals surface area contributed by atoms with Gasteiger partial charge in [0.15, 0.2) is 5.11 Å². The minimum absolute atomic E-state index is 0.0445. The van der Waals surface area contributed by atoms with E-state index >= 15 is 0 Å². The van der Waals surface area contributed by atoms with E-state index in [2.05, 4.69) is 52.1 Å². The van der Waals surface area contributed by atoms with Crippen LogP contribution in [0.15, 0.2) is 24.3 Å². The lowest BCUT2D eigenvalue weighted by molar-refractivity contribution is -0.116. The first-order chi connectivity index (χ1) is 12.0. The Morgan fingerprint density at radius 1 is 1.36 bits per heavy atom. The van der Waals surface area contributed by atoms with Crippen LogP contribution in [-0.4, -0.2) is 33.3 Å². The molecular weight excluding hydrogens is 354 g/mol. The molecule has 3 N–H and O–H groups in total. The van der Waals surface area contributed by atoms with Crippen LogP contribution in [0.3, 0.4) is 0 Å². The number of aryl methyl sites for hydroxylation is 1. The second-order valence-electron chi connectivity index (χ2n) is 6.31. The molecule has 6 nitrogen and oxygen atoms in total. The van der Waals surface area contributed by atoms with E-state index in [-0.39, 0.29) is 18.0 Å². The summed E-state index contributed by atoms with van der Waals surface area (Å²) in [5.41, 5.74) is 2.45. The summed E-state index contributed by atoms with van der Waals surface area (Å²) in [4.78, 5) is 12.2. The van der Waals surface area contributed by atoms with Gasteiger partial charge in [0, 0.05) is 24.9 Å². The minimum Gasteiger partial charge on any atom is -0.360 e. The average Bonchev–Trinajstić information content (AvgIpc) is 2.95. The molecule has 1 aliphatic rings. The maximum Gasteiger partial charge on any atom is 0.228 e. The number of anilines is 1. The van der Waals surface area contributed by atoms with E-state index in [4.69, 9.17) is 12.2 Å². The SMILES string of the molecule is Cc1ccccc1Cc1nnc(NC(=O)C[C@@H]2C[C@@H](C)NC(=S)N2)s1. The van der Waals surface area contributed by atoms with Gasteiger partial charge in [-0.1, -0.05) is 35.6 Å². The van der Waals surface area contributed by atoms with Crippen LogP contribution in [-0.2, 0) is 11.2 Å². The zero-order valence-corrected chi connectivity index (χ0v) is 15.8. The Morgan fingerprint density at radius 3 is 2.92 bits per heavy atom. The quantitative estimate of drug-likeness (QED) is 0.697. The molecule has 0 unspecified atom stereocenters. The number of carbonyl (C=O) groups excluding carboxylic acids is 1. The highest BCUT2D eigenvalue weighted by Crippen LogP contribution is 2.20. The molecule has 1 saturated heterocycles. The highest BCUT2D eigenvalue weighted by Gasteiger charge is 2.23. The third-order valence-corrected chi connectivity index (χ3v) is 5.17. The Kier molecular flexibility index (Phi) is 5.60. The van der Waals surface area contributed by atoms with E-state index in [1.165, 1.54) is 22.5 Å². The number of nitrogens with zero attached hydrogens (tertiary/aromatic N) is 2. The van der Waals surface area contributed by atoms with E-state index in [1.807, 2.05) is 12.1 Å². The molecule has 0 bridgehead atoms. The second kappa shape index (κ2) is 7.88. The molecule has 1 fully saturated rings. The maximum atomic E-state index is 12.2. The van der Waals surface area contributed by atoms with Crippen molar-refractivity contribution >= 4 is 39.7 Å². The molecule has 1 aromatic carbocycles. The molecule has 0 radical (unpaired) electrons. The van der Waals surface area contributed by atoms with Crippen LogP contribution in [0, 0.1) is 6.92 Å². The van der Waals surface area contributed by atoms with Gasteiger partial charge in [0.2, 0.25) is 11.0 Å². The molecule has 1 aromatic heterocycles. The third-order valence-electron chi connectivity index (χ3n) is 4.10. The molecule has 0 aliphatic carbocycles. The number of aromatic nitrogens is 2. The van der Waals surface area contributed by atoms with Crippen molar-refractivity contribution in [1.82, 2.24) is 20.8 Å². The van der Waals surface area contributed by atoms with E-state index < -0.39 is 0 Å². The largest absolute Gasteiger partial charge is 0.360 e. The predicted molar refractivity (Wildman–Crippen MR) is 104 cm³/mol. The first kappa shape index (κ1) is 17.8. The normalized spacial score (nSPS) is 19.8. The number of nitrogens with one attached hydrogen (secondary N) is 3. The lowest BCUT2D eigenvalue weighted by Crippen LogP contribution is -2.54. The number of amides is 1. The van der Waals surface area contributed by atoms with Gasteiger partial charge in [-0.2, -0.15) is 0 Å². The Balaban J connectivity index is 1.55. The van der Waals surface area contributed by atoms with Crippen LogP contribution < -0.4 is 16.0 Å². The lowest BCUT2D eigenvalue weighted by atomic mass is 10.0. The highest BCUT2D eigenvalue weighted by molar-refractivity contribution is 7.80. The number of carbonyl (C=O) groups is 1. The van der Waals surface area contributed by atoms with Gasteiger partial charge in [0.25, 0.3) is 0 Å². The molecule has 2 heterocycles. The monoisotopic (exact) mass is 375 g/mol. The molecule has 1 amide bonds. The Labute approximate surface area is 156 Å². The van der Waals surface area contributed by atoms with Crippen molar-refractivity contribution < 1.29 is 4.79 Å². The van der Waals surface area contributed by atoms with Crippen LogP contribution in [0.2, 0.25) is 0 Å². The Bertz CT molecular complexity index is 776. The third kappa shape index (κ3) is 4.96. The summed E-state index contributed by atoms with van der Waals surface area (Å²) in [5.74, 6) is -0.0759. The standard InChI is InChI=1S/C17H21N5OS2/c1-10-5-3-4-6-12(10)8-15-21-22-17(25-15)20-14(23)9-13-7-11(2)18-16(24)19-13/h3-6,11,13H,7-9H2,1-2H3,(H2,18,19,24)(H,20,22,23)/t11-,13+/m1/s1. The smallest absolute Gasteiger partial charge is 0.228 e. The van der Waals surface area contributed by atoms with Gasteiger partial charge in [0.05, 0.1) is 0 Å². The number of thiocarbonyl (C=S) groups is 1. The van der Waals surface area contributed by atoms with Crippen molar-refractivity contribution in [3.63, 3.8) is 0 Å². The molecule has 2 atom stereocenters. The van der Waals surface area contributed by atoms with Gasteiger partial charge in [-0.3, -0.25) is 4.79 Å². The van der Waals surface area contributed by atoms with Crippen LogP contribution >= 0.6 is 23.6 Å². The van der Waals surface area contributed by atoms with Crippen LogP contribution in [0.1, 0.15) is 35.9 Å². The predicted octanol–water partition coefficient (Wildman–Crippen LogP) is 2.39. The van der Waals surface area contributed by atoms with Gasteiger partial charge in [-0.15, -0.1) is 10.2 Å². The van der Waals surface area contributed by atoms with Gasteiger partial charge < -0.3 is 16.0 Å². The fourth-order valence-corrected chi connectivity index (χ4v) is 4.02. The number of hydrogen-bond donors (Lipinski definition) is 3. The van der Waals surface area contributed by atoms with Gasteiger partial charge in [-0.25, -0.2) is 0 Å². The van der Waals surface area contributed by atoms with E-state index in [0.717, 1.165) is 17.8 Å². The van der Waals surface area contributed by atoms with E-state index in [0.29, 0.717) is 16.7 Å². The first-order valence-corrected chi connectivity index (χ1v) is 9.46. The molecule has 1 aliphatic heterocycles. The number of rotatable bonds is 5. The molecule has 132 valence electrons. The van der Waals surface area contributed by atoms with Gasteiger partial charge in [0.1, 0.15) is 5.01 Å². The first-order valence-electron chi connectivity index (χ1n) is 8.23. The van der Waals surface area contributed by atoms with Crippen LogP contribution in [0.5, 0.6) is 0 Å². The topological polar surface area (TPSA) is 78.9 Å². The van der Waals surface area contributed by atoms with E-state index in [1.54, 1.807) is 0 Å². The fraction of sp³-hybridized carbons (Fsp3) is 0.412. The Hall–Kier alpha value is -2.06. The summed E-state index contributed by atoms with van der Waals surface area (Å²) in [7, 11) is 0. The van der Waals surface area contributed by atoms with Gasteiger partial charge in [-0.05, 0) is 43.6 Å². The lowest BCUT2D eigenvalue weighted by Gasteiger charge is -2.30. The van der Waals surface area contributed by atoms with Crippen LogP contribution in [0.25, 0.3) is 0 Å². The summed E-state index contributed by atoms with van der Waals surface area (Å²) in [6.07, 6.45) is 1.93. The number of hydrogen-bond acceptors (Lipinski definition) is 5. The van der Waals surface area contributed by atoms with Crippen molar-refractivity contribution in [2.75, 3.05) is 5.32 Å². The van der Waals surface area contributed by atoms with Crippen molar-refractivity contribution in [2.45, 2.75) is 45.2 Å². The second-order valence-corrected chi connectivity index (χ2v) is 7.78. The molecular formula is C17H21N5OS2. The summed E-state index contributed by atoms with van der Waals surface area (Å²) in [6.45, 7) is 4.14. The fourth-order valence-electron chi connectivity index (χ4n) is 2.87. The number of benzene rings is 1. The minimum atomic E-state index is -0.0759. The molecule has 0 saturated carbocycles. The molecule has 3 rings (SSSR count). The summed E-state index contributed by atoms with van der Waals surface area (Å²) in [5, 5.41) is 19.4. The zero-order valence-electron chi connectivity index (χ0n) is 14.2. The summed E-state index contributed by atoms with van der Waals surface area (Å²) in [6, 6.07) is 8.52. The summed E-state index contributed by atoms with van der Waals surface area (Å²) < 4.78 is 0. The van der Waals surface area contributed by atoms with Crippen molar-refractivity contribution in [1.29, 1.82) is 0 Å². The zero-order chi connectivity index (χ0) is 17.8. The van der Waals surface area contributed by atoms with Crippen molar-refractivity contribution in [2.24, 2.45) is 0 Å². The Morgan fingerprint density at radius 2 is 2.16 bits per heavy atom. The van der Waals surface area contributed by atoms with Crippen molar-refractivity contribution in [3.8, 4) is 0 Å². The molecule has 0 spiro atoms. The highest BCUT2D eigenvalue weighted by atomic mass is 32.1. The van der Waals surface area contributed by atoms with Gasteiger partial charge >= 0.3 is 0 Å². The summed E-state index contributed by atoms with van der Waals surface area (Å²) >= 11 is 6.56.